The second-order valence-electron chi connectivity index (χ2n) is 8.64. The molecule has 2 aliphatic rings. The van der Waals surface area contributed by atoms with E-state index >= 15 is 0 Å². The van der Waals surface area contributed by atoms with Crippen LogP contribution in [-0.4, -0.2) is 87.2 Å². The topological polar surface area (TPSA) is 77.2 Å². The first-order valence-corrected chi connectivity index (χ1v) is 12.1. The predicted molar refractivity (Wildman–Crippen MR) is 134 cm³/mol. The fraction of sp³-hybridized carbons (Fsp3) is 0.440. The Morgan fingerprint density at radius 2 is 1.82 bits per heavy atom. The van der Waals surface area contributed by atoms with Crippen LogP contribution < -0.4 is 15.5 Å². The fourth-order valence-corrected chi connectivity index (χ4v) is 4.80. The number of nitrogens with one attached hydrogen (secondary N) is 2. The van der Waals surface area contributed by atoms with E-state index < -0.39 is 0 Å². The summed E-state index contributed by atoms with van der Waals surface area (Å²) in [7, 11) is 1.63. The van der Waals surface area contributed by atoms with Crippen molar-refractivity contribution in [2.45, 2.75) is 12.6 Å². The van der Waals surface area contributed by atoms with Crippen LogP contribution in [0.3, 0.4) is 0 Å². The van der Waals surface area contributed by atoms with Gasteiger partial charge in [0, 0.05) is 52.0 Å². The van der Waals surface area contributed by atoms with Gasteiger partial charge in [0.1, 0.15) is 6.04 Å². The highest BCUT2D eigenvalue weighted by molar-refractivity contribution is 6.33. The molecule has 0 aromatic heterocycles. The molecule has 2 aromatic carbocycles. The van der Waals surface area contributed by atoms with Gasteiger partial charge < -0.3 is 20.3 Å². The van der Waals surface area contributed by atoms with Crippen molar-refractivity contribution in [3.8, 4) is 0 Å². The van der Waals surface area contributed by atoms with Gasteiger partial charge in [0.15, 0.2) is 0 Å². The average Bonchev–Trinajstić information content (AvgIpc) is 2.85. The number of nitrogens with zero attached hydrogens (tertiary/aromatic N) is 3. The van der Waals surface area contributed by atoms with E-state index in [1.165, 1.54) is 5.56 Å². The van der Waals surface area contributed by atoms with Gasteiger partial charge in [-0.1, -0.05) is 41.9 Å². The van der Waals surface area contributed by atoms with Crippen LogP contribution in [0.1, 0.15) is 5.56 Å². The van der Waals surface area contributed by atoms with Gasteiger partial charge in [-0.25, -0.2) is 0 Å². The lowest BCUT2D eigenvalue weighted by molar-refractivity contribution is -0.130. The zero-order chi connectivity index (χ0) is 23.9. The third kappa shape index (κ3) is 6.27. The molecule has 0 spiro atoms. The van der Waals surface area contributed by atoms with E-state index in [0.29, 0.717) is 37.0 Å². The van der Waals surface area contributed by atoms with Gasteiger partial charge in [-0.05, 0) is 23.8 Å². The van der Waals surface area contributed by atoms with Crippen molar-refractivity contribution >= 4 is 34.8 Å². The number of ether oxygens (including phenoxy) is 1. The molecule has 0 aliphatic carbocycles. The lowest BCUT2D eigenvalue weighted by Crippen LogP contribution is -2.59. The minimum Gasteiger partial charge on any atom is -0.378 e. The fourth-order valence-electron chi connectivity index (χ4n) is 4.50. The number of anilines is 2. The first-order valence-electron chi connectivity index (χ1n) is 11.7. The lowest BCUT2D eigenvalue weighted by atomic mass is 10.1. The summed E-state index contributed by atoms with van der Waals surface area (Å²) in [6.45, 7) is 5.86. The molecule has 2 N–H and O–H groups in total. The molecule has 2 fully saturated rings. The van der Waals surface area contributed by atoms with Crippen LogP contribution in [0, 0.1) is 0 Å². The molecule has 2 saturated heterocycles. The molecule has 1 atom stereocenters. The first-order chi connectivity index (χ1) is 16.5. The van der Waals surface area contributed by atoms with Crippen LogP contribution in [0.25, 0.3) is 0 Å². The Bertz CT molecular complexity index is 984. The number of piperazine rings is 1. The Kier molecular flexibility index (Phi) is 8.39. The molecule has 2 aliphatic heterocycles. The maximum absolute atomic E-state index is 12.8. The number of rotatable bonds is 7. The molecule has 2 heterocycles. The first kappa shape index (κ1) is 24.5. The maximum atomic E-state index is 12.8. The number of carbonyl (C=O) groups is 2. The number of hydrogen-bond donors (Lipinski definition) is 2. The summed E-state index contributed by atoms with van der Waals surface area (Å²) in [5, 5.41) is 6.28. The second-order valence-corrected chi connectivity index (χ2v) is 9.04. The zero-order valence-electron chi connectivity index (χ0n) is 19.5. The van der Waals surface area contributed by atoms with Crippen LogP contribution in [0.5, 0.6) is 0 Å². The number of carbonyl (C=O) groups excluding carboxylic acids is 2. The van der Waals surface area contributed by atoms with Crippen molar-refractivity contribution in [1.29, 1.82) is 0 Å². The molecule has 34 heavy (non-hydrogen) atoms. The van der Waals surface area contributed by atoms with Crippen LogP contribution in [0.2, 0.25) is 5.02 Å². The molecular weight excluding hydrogens is 454 g/mol. The zero-order valence-corrected chi connectivity index (χ0v) is 20.3. The van der Waals surface area contributed by atoms with E-state index in [0.717, 1.165) is 31.9 Å². The van der Waals surface area contributed by atoms with E-state index in [1.54, 1.807) is 13.1 Å². The molecule has 2 amide bonds. The van der Waals surface area contributed by atoms with E-state index in [4.69, 9.17) is 16.3 Å². The van der Waals surface area contributed by atoms with Crippen LogP contribution in [-0.2, 0) is 20.9 Å². The summed E-state index contributed by atoms with van der Waals surface area (Å²) in [5.41, 5.74) is 2.80. The summed E-state index contributed by atoms with van der Waals surface area (Å²) in [5.74, 6) is -0.246. The van der Waals surface area contributed by atoms with Crippen LogP contribution >= 0.6 is 11.6 Å². The lowest BCUT2D eigenvalue weighted by Gasteiger charge is -2.40. The normalized spacial score (nSPS) is 19.6. The molecular formula is C25H32ClN5O3. The van der Waals surface area contributed by atoms with Gasteiger partial charge in [0.2, 0.25) is 11.8 Å². The summed E-state index contributed by atoms with van der Waals surface area (Å²) >= 11 is 6.50. The van der Waals surface area contributed by atoms with Crippen molar-refractivity contribution in [2.24, 2.45) is 0 Å². The number of halogens is 1. The molecule has 1 unspecified atom stereocenters. The van der Waals surface area contributed by atoms with E-state index in [2.05, 4.69) is 32.6 Å². The molecule has 8 nitrogen and oxygen atoms in total. The van der Waals surface area contributed by atoms with Gasteiger partial charge in [-0.3, -0.25) is 19.4 Å². The van der Waals surface area contributed by atoms with Crippen molar-refractivity contribution in [3.63, 3.8) is 0 Å². The minimum atomic E-state index is -0.388. The highest BCUT2D eigenvalue weighted by Crippen LogP contribution is 2.29. The van der Waals surface area contributed by atoms with Gasteiger partial charge >= 0.3 is 0 Å². The minimum absolute atomic E-state index is 0.0801. The standard InChI is InChI=1S/C25H32ClN5O3/c1-27-25(33)23-17-29(16-19-5-3-2-4-6-19)9-10-31(23)18-24(32)28-20-7-8-22(21(26)15-20)30-11-13-34-14-12-30/h2-8,15,23H,9-14,16-18H2,1H3,(H,27,33)(H,28,32). The van der Waals surface area contributed by atoms with Gasteiger partial charge in [0.25, 0.3) is 0 Å². The quantitative estimate of drug-likeness (QED) is 0.625. The number of benzene rings is 2. The third-order valence-corrected chi connectivity index (χ3v) is 6.61. The Balaban J connectivity index is 1.35. The molecule has 0 radical (unpaired) electrons. The average molecular weight is 486 g/mol. The SMILES string of the molecule is CNC(=O)C1CN(Cc2ccccc2)CCN1CC(=O)Nc1ccc(N2CCOCC2)c(Cl)c1. The Morgan fingerprint density at radius 1 is 1.06 bits per heavy atom. The largest absolute Gasteiger partial charge is 0.378 e. The van der Waals surface area contributed by atoms with Crippen molar-refractivity contribution in [3.05, 3.63) is 59.1 Å². The molecule has 2 aromatic rings. The summed E-state index contributed by atoms with van der Waals surface area (Å²) < 4.78 is 5.40. The second kappa shape index (κ2) is 11.7. The van der Waals surface area contributed by atoms with Crippen molar-refractivity contribution < 1.29 is 14.3 Å². The highest BCUT2D eigenvalue weighted by Gasteiger charge is 2.33. The van der Waals surface area contributed by atoms with E-state index in [1.807, 2.05) is 35.2 Å². The van der Waals surface area contributed by atoms with Crippen LogP contribution in [0.15, 0.2) is 48.5 Å². The molecule has 9 heteroatoms. The van der Waals surface area contributed by atoms with Gasteiger partial charge in [-0.15, -0.1) is 0 Å². The Hall–Kier alpha value is -2.65. The maximum Gasteiger partial charge on any atom is 0.238 e. The van der Waals surface area contributed by atoms with Crippen molar-refractivity contribution in [1.82, 2.24) is 15.1 Å². The van der Waals surface area contributed by atoms with E-state index in [9.17, 15) is 9.59 Å². The summed E-state index contributed by atoms with van der Waals surface area (Å²) in [6.07, 6.45) is 0. The van der Waals surface area contributed by atoms with Gasteiger partial charge in [-0.2, -0.15) is 0 Å². The third-order valence-electron chi connectivity index (χ3n) is 6.30. The number of amides is 2. The van der Waals surface area contributed by atoms with Crippen molar-refractivity contribution in [2.75, 3.05) is 69.7 Å². The summed E-state index contributed by atoms with van der Waals surface area (Å²) in [6, 6.07) is 15.4. The summed E-state index contributed by atoms with van der Waals surface area (Å²) in [4.78, 5) is 31.8. The molecule has 0 bridgehead atoms. The number of hydrogen-bond acceptors (Lipinski definition) is 6. The number of likely N-dealkylation sites (N-methyl/N-ethyl adjacent to an activating group) is 1. The Labute approximate surface area is 205 Å². The van der Waals surface area contributed by atoms with Gasteiger partial charge in [0.05, 0.1) is 30.5 Å². The number of morpholine rings is 1. The molecule has 4 rings (SSSR count). The smallest absolute Gasteiger partial charge is 0.238 e. The Morgan fingerprint density at radius 3 is 2.53 bits per heavy atom. The monoisotopic (exact) mass is 485 g/mol. The molecule has 0 saturated carbocycles. The van der Waals surface area contributed by atoms with Crippen LogP contribution in [0.4, 0.5) is 11.4 Å². The highest BCUT2D eigenvalue weighted by atomic mass is 35.5. The molecule has 182 valence electrons. The predicted octanol–water partition coefficient (Wildman–Crippen LogP) is 2.05. The van der Waals surface area contributed by atoms with E-state index in [-0.39, 0.29) is 24.4 Å².